The number of aromatic nitrogens is 1. The fraction of sp³-hybridized carbons (Fsp3) is 0.435. The lowest BCUT2D eigenvalue weighted by molar-refractivity contribution is 0.0705. The predicted octanol–water partition coefficient (Wildman–Crippen LogP) is 3.93. The first kappa shape index (κ1) is 21.0. The molecule has 29 heavy (non-hydrogen) atoms. The van der Waals surface area contributed by atoms with Crippen molar-refractivity contribution in [3.63, 3.8) is 0 Å². The number of halogens is 1. The Bertz CT molecular complexity index is 889. The van der Waals surface area contributed by atoms with E-state index in [1.807, 2.05) is 19.1 Å². The van der Waals surface area contributed by atoms with Crippen molar-refractivity contribution in [3.05, 3.63) is 64.7 Å². The molecule has 1 saturated heterocycles. The number of carbonyl (C=O) groups excluding carboxylic acids is 2. The van der Waals surface area contributed by atoms with E-state index in [2.05, 4.69) is 24.1 Å². The van der Waals surface area contributed by atoms with Gasteiger partial charge in [0, 0.05) is 31.2 Å². The number of benzene rings is 1. The van der Waals surface area contributed by atoms with Crippen molar-refractivity contribution in [3.8, 4) is 0 Å². The summed E-state index contributed by atoms with van der Waals surface area (Å²) in [6, 6.07) is 9.76. The third-order valence-electron chi connectivity index (χ3n) is 5.25. The third kappa shape index (κ3) is 5.00. The number of nitrogens with one attached hydrogen (secondary N) is 1. The lowest BCUT2D eigenvalue weighted by Gasteiger charge is -2.32. The summed E-state index contributed by atoms with van der Waals surface area (Å²) in [5.41, 5.74) is 2.37. The van der Waals surface area contributed by atoms with Crippen LogP contribution < -0.4 is 5.32 Å². The highest BCUT2D eigenvalue weighted by Gasteiger charge is 2.29. The van der Waals surface area contributed by atoms with E-state index in [4.69, 9.17) is 0 Å². The molecule has 0 radical (unpaired) electrons. The maximum Gasteiger partial charge on any atom is 0.256 e. The Hall–Kier alpha value is -2.76. The van der Waals surface area contributed by atoms with E-state index in [-0.39, 0.29) is 23.3 Å². The molecule has 1 aromatic carbocycles. The van der Waals surface area contributed by atoms with Crippen molar-refractivity contribution in [2.75, 3.05) is 19.6 Å². The number of hydrogen-bond donors (Lipinski definition) is 1. The van der Waals surface area contributed by atoms with E-state index in [0.717, 1.165) is 11.4 Å². The number of carbonyl (C=O) groups is 2. The molecule has 2 amide bonds. The zero-order valence-electron chi connectivity index (χ0n) is 17.2. The molecule has 1 N–H and O–H groups in total. The molecule has 3 rings (SSSR count). The van der Waals surface area contributed by atoms with Crippen LogP contribution in [0.2, 0.25) is 0 Å². The number of nitrogens with zero attached hydrogens (tertiary/aromatic N) is 2. The van der Waals surface area contributed by atoms with Crippen molar-refractivity contribution in [2.24, 2.45) is 5.92 Å². The molecule has 6 heteroatoms. The molecule has 2 heterocycles. The molecule has 154 valence electrons. The van der Waals surface area contributed by atoms with Gasteiger partial charge in [-0.1, -0.05) is 26.0 Å². The van der Waals surface area contributed by atoms with Crippen LogP contribution in [0.3, 0.4) is 0 Å². The van der Waals surface area contributed by atoms with Crippen LogP contribution in [0.1, 0.15) is 64.7 Å². The highest BCUT2D eigenvalue weighted by Crippen LogP contribution is 2.30. The van der Waals surface area contributed by atoms with Gasteiger partial charge < -0.3 is 10.2 Å². The lowest BCUT2D eigenvalue weighted by atomic mass is 9.89. The summed E-state index contributed by atoms with van der Waals surface area (Å²) in [6.07, 6.45) is 1.39. The van der Waals surface area contributed by atoms with Crippen molar-refractivity contribution in [1.29, 1.82) is 0 Å². The number of aryl methyl sites for hydroxylation is 1. The van der Waals surface area contributed by atoms with E-state index < -0.39 is 5.82 Å². The molecule has 1 aliphatic heterocycles. The highest BCUT2D eigenvalue weighted by atomic mass is 19.1. The zero-order valence-corrected chi connectivity index (χ0v) is 17.2. The topological polar surface area (TPSA) is 62.3 Å². The Morgan fingerprint density at radius 1 is 1.14 bits per heavy atom. The molecule has 0 atom stereocenters. The van der Waals surface area contributed by atoms with Crippen LogP contribution in [-0.4, -0.2) is 41.3 Å². The van der Waals surface area contributed by atoms with Crippen LogP contribution in [0.4, 0.5) is 4.39 Å². The molecule has 5 nitrogen and oxygen atoms in total. The second-order valence-electron chi connectivity index (χ2n) is 8.04. The van der Waals surface area contributed by atoms with E-state index in [9.17, 15) is 14.0 Å². The molecular weight excluding hydrogens is 369 g/mol. The molecule has 2 aromatic rings. The molecule has 1 aliphatic rings. The Morgan fingerprint density at radius 3 is 2.48 bits per heavy atom. The van der Waals surface area contributed by atoms with Gasteiger partial charge in [-0.05, 0) is 49.9 Å². The van der Waals surface area contributed by atoms with Crippen LogP contribution in [0.15, 0.2) is 36.4 Å². The second-order valence-corrected chi connectivity index (χ2v) is 8.04. The van der Waals surface area contributed by atoms with Crippen molar-refractivity contribution >= 4 is 11.8 Å². The summed E-state index contributed by atoms with van der Waals surface area (Å²) in [6.45, 7) is 7.66. The minimum Gasteiger partial charge on any atom is -0.352 e. The molecular formula is C23H28FN3O2. The second kappa shape index (κ2) is 9.16. The van der Waals surface area contributed by atoms with Crippen molar-refractivity contribution < 1.29 is 14.0 Å². The smallest absolute Gasteiger partial charge is 0.256 e. The number of hydrogen-bond acceptors (Lipinski definition) is 3. The average molecular weight is 397 g/mol. The van der Waals surface area contributed by atoms with Crippen LogP contribution >= 0.6 is 0 Å². The van der Waals surface area contributed by atoms with E-state index >= 15 is 0 Å². The lowest BCUT2D eigenvalue weighted by Crippen LogP contribution is -2.39. The van der Waals surface area contributed by atoms with Gasteiger partial charge in [-0.25, -0.2) is 4.39 Å². The van der Waals surface area contributed by atoms with Crippen LogP contribution in [0.5, 0.6) is 0 Å². The number of pyridine rings is 1. The fourth-order valence-electron chi connectivity index (χ4n) is 3.63. The Balaban J connectivity index is 1.72. The molecule has 0 unspecified atom stereocenters. The molecule has 0 spiro atoms. The monoisotopic (exact) mass is 397 g/mol. The summed E-state index contributed by atoms with van der Waals surface area (Å²) in [5, 5.41) is 2.97. The van der Waals surface area contributed by atoms with Gasteiger partial charge in [-0.15, -0.1) is 0 Å². The minimum absolute atomic E-state index is 0.0966. The molecule has 1 aromatic heterocycles. The van der Waals surface area contributed by atoms with Gasteiger partial charge in [0.15, 0.2) is 0 Å². The van der Waals surface area contributed by atoms with Crippen LogP contribution in [0.25, 0.3) is 0 Å². The number of rotatable bonds is 5. The number of likely N-dealkylation sites (tertiary alicyclic amines) is 1. The van der Waals surface area contributed by atoms with Crippen LogP contribution in [-0.2, 0) is 0 Å². The summed E-state index contributed by atoms with van der Waals surface area (Å²) in [5.74, 6) is -0.420. The first-order valence-electron chi connectivity index (χ1n) is 10.2. The van der Waals surface area contributed by atoms with Gasteiger partial charge in [-0.2, -0.15) is 0 Å². The number of amides is 2. The maximum absolute atomic E-state index is 14.0. The largest absolute Gasteiger partial charge is 0.352 e. The van der Waals surface area contributed by atoms with Crippen LogP contribution in [0, 0.1) is 18.7 Å². The molecule has 0 aliphatic carbocycles. The summed E-state index contributed by atoms with van der Waals surface area (Å²) in [7, 11) is 0. The molecule has 1 fully saturated rings. The third-order valence-corrected chi connectivity index (χ3v) is 5.25. The summed E-state index contributed by atoms with van der Waals surface area (Å²) < 4.78 is 14.0. The van der Waals surface area contributed by atoms with Crippen molar-refractivity contribution in [2.45, 2.75) is 39.5 Å². The SMILES string of the molecule is Cc1ccc(C(=O)NCC(C)C)c(C2CCN(C(=O)c3ccccc3F)CC2)n1. The zero-order chi connectivity index (χ0) is 21.0. The quantitative estimate of drug-likeness (QED) is 0.831. The maximum atomic E-state index is 14.0. The van der Waals surface area contributed by atoms with Gasteiger partial charge in [0.05, 0.1) is 16.8 Å². The summed E-state index contributed by atoms with van der Waals surface area (Å²) >= 11 is 0. The first-order valence-corrected chi connectivity index (χ1v) is 10.2. The van der Waals surface area contributed by atoms with Gasteiger partial charge in [0.25, 0.3) is 11.8 Å². The predicted molar refractivity (Wildman–Crippen MR) is 110 cm³/mol. The van der Waals surface area contributed by atoms with Gasteiger partial charge >= 0.3 is 0 Å². The Kier molecular flexibility index (Phi) is 6.62. The molecule has 0 bridgehead atoms. The Labute approximate surface area is 171 Å². The average Bonchev–Trinajstić information content (AvgIpc) is 2.72. The first-order chi connectivity index (χ1) is 13.9. The van der Waals surface area contributed by atoms with E-state index in [1.165, 1.54) is 12.1 Å². The number of piperidine rings is 1. The van der Waals surface area contributed by atoms with Gasteiger partial charge in [0.2, 0.25) is 0 Å². The van der Waals surface area contributed by atoms with Gasteiger partial charge in [0.1, 0.15) is 5.82 Å². The minimum atomic E-state index is -0.496. The van der Waals surface area contributed by atoms with E-state index in [1.54, 1.807) is 17.0 Å². The van der Waals surface area contributed by atoms with Crippen molar-refractivity contribution in [1.82, 2.24) is 15.2 Å². The molecule has 0 saturated carbocycles. The highest BCUT2D eigenvalue weighted by molar-refractivity contribution is 5.96. The van der Waals surface area contributed by atoms with E-state index in [0.29, 0.717) is 44.0 Å². The standard InChI is InChI=1S/C23H28FN3O2/c1-15(2)14-25-22(28)19-9-8-16(3)26-21(19)17-10-12-27(13-11-17)23(29)18-6-4-5-7-20(18)24/h4-9,15,17H,10-14H2,1-3H3,(H,25,28). The van der Waals surface area contributed by atoms with Gasteiger partial charge in [-0.3, -0.25) is 14.6 Å². The summed E-state index contributed by atoms with van der Waals surface area (Å²) in [4.78, 5) is 31.7. The normalized spacial score (nSPS) is 14.9. The Morgan fingerprint density at radius 2 is 1.83 bits per heavy atom. The fourth-order valence-corrected chi connectivity index (χ4v) is 3.63.